The van der Waals surface area contributed by atoms with Crippen molar-refractivity contribution in [2.45, 2.75) is 103 Å². The second-order valence-electron chi connectivity index (χ2n) is 11.5. The van der Waals surface area contributed by atoms with Crippen molar-refractivity contribution in [1.82, 2.24) is 0 Å². The first-order chi connectivity index (χ1) is 16.6. The first-order valence-electron chi connectivity index (χ1n) is 14.2. The fourth-order valence-electron chi connectivity index (χ4n) is 7.28. The Labute approximate surface area is 206 Å². The Kier molecular flexibility index (Phi) is 9.25. The topological polar surface area (TPSA) is 26.3 Å². The maximum absolute atomic E-state index is 14.4. The van der Waals surface area contributed by atoms with Gasteiger partial charge in [0.2, 0.25) is 0 Å². The van der Waals surface area contributed by atoms with E-state index in [9.17, 15) is 9.18 Å². The molecule has 0 bridgehead atoms. The van der Waals surface area contributed by atoms with Gasteiger partial charge >= 0.3 is 5.97 Å². The quantitative estimate of drug-likeness (QED) is 0.206. The number of carbonyl (C=O) groups is 1. The third kappa shape index (κ3) is 6.52. The predicted molar refractivity (Wildman–Crippen MR) is 137 cm³/mol. The molecule has 0 N–H and O–H groups in total. The lowest BCUT2D eigenvalue weighted by Crippen LogP contribution is -2.35. The van der Waals surface area contributed by atoms with Gasteiger partial charge in [-0.05, 0) is 118 Å². The number of fused-ring (bicyclic) bond motifs is 1. The Morgan fingerprint density at radius 1 is 1.00 bits per heavy atom. The Hall–Kier alpha value is -1.64. The fraction of sp³-hybridized carbons (Fsp3) is 0.710. The van der Waals surface area contributed by atoms with E-state index in [1.54, 1.807) is 6.07 Å². The van der Waals surface area contributed by atoms with Gasteiger partial charge in [-0.2, -0.15) is 0 Å². The minimum absolute atomic E-state index is 0.0716. The number of ether oxygens (including phenoxy) is 1. The first kappa shape index (κ1) is 25.5. The summed E-state index contributed by atoms with van der Waals surface area (Å²) in [4.78, 5) is 12.8. The highest BCUT2D eigenvalue weighted by atomic mass is 19.1. The molecule has 3 aliphatic carbocycles. The van der Waals surface area contributed by atoms with Gasteiger partial charge in [0.25, 0.3) is 0 Å². The van der Waals surface area contributed by atoms with Gasteiger partial charge in [0.15, 0.2) is 11.6 Å². The van der Waals surface area contributed by atoms with Crippen LogP contribution in [0.15, 0.2) is 30.9 Å². The molecule has 0 spiro atoms. The van der Waals surface area contributed by atoms with E-state index in [0.29, 0.717) is 0 Å². The molecule has 4 unspecified atom stereocenters. The molecule has 3 saturated carbocycles. The number of allylic oxidation sites excluding steroid dienone is 1. The molecule has 188 valence electrons. The summed E-state index contributed by atoms with van der Waals surface area (Å²) in [7, 11) is 0. The number of benzene rings is 1. The van der Waals surface area contributed by atoms with Gasteiger partial charge in [0, 0.05) is 0 Å². The van der Waals surface area contributed by atoms with Crippen LogP contribution in [0.25, 0.3) is 0 Å². The van der Waals surface area contributed by atoms with Crippen molar-refractivity contribution in [1.29, 1.82) is 0 Å². The summed E-state index contributed by atoms with van der Waals surface area (Å²) in [6.07, 6.45) is 20.3. The molecule has 0 aromatic heterocycles. The lowest BCUT2D eigenvalue weighted by molar-refractivity contribution is -0.140. The van der Waals surface area contributed by atoms with Crippen molar-refractivity contribution < 1.29 is 13.9 Å². The molecular weight excluding hydrogens is 423 g/mol. The number of halogens is 1. The van der Waals surface area contributed by atoms with Gasteiger partial charge in [0.05, 0.1) is 5.92 Å². The van der Waals surface area contributed by atoms with Crippen LogP contribution in [0.1, 0.15) is 102 Å². The van der Waals surface area contributed by atoms with Crippen molar-refractivity contribution >= 4 is 5.97 Å². The molecule has 1 aromatic carbocycles. The Morgan fingerprint density at radius 2 is 1.68 bits per heavy atom. The van der Waals surface area contributed by atoms with Crippen LogP contribution >= 0.6 is 0 Å². The van der Waals surface area contributed by atoms with Crippen LogP contribution in [-0.4, -0.2) is 5.97 Å². The second-order valence-corrected chi connectivity index (χ2v) is 11.5. The smallest absolute Gasteiger partial charge is 0.314 e. The van der Waals surface area contributed by atoms with Crippen LogP contribution in [0, 0.1) is 41.3 Å². The van der Waals surface area contributed by atoms with E-state index < -0.39 is 5.82 Å². The number of hydrogen-bond acceptors (Lipinski definition) is 2. The summed E-state index contributed by atoms with van der Waals surface area (Å²) in [6.45, 7) is 6.02. The Bertz CT molecular complexity index is 810. The van der Waals surface area contributed by atoms with Crippen molar-refractivity contribution in [2.24, 2.45) is 35.5 Å². The highest BCUT2D eigenvalue weighted by Gasteiger charge is 2.39. The van der Waals surface area contributed by atoms with Crippen molar-refractivity contribution in [2.75, 3.05) is 0 Å². The summed E-state index contributed by atoms with van der Waals surface area (Å²) in [5, 5.41) is 0. The Balaban J connectivity index is 1.22. The average molecular weight is 469 g/mol. The first-order valence-corrected chi connectivity index (χ1v) is 14.2. The lowest BCUT2D eigenvalue weighted by atomic mass is 9.60. The number of rotatable bonds is 9. The van der Waals surface area contributed by atoms with Crippen LogP contribution < -0.4 is 4.74 Å². The van der Waals surface area contributed by atoms with Gasteiger partial charge < -0.3 is 4.74 Å². The molecule has 34 heavy (non-hydrogen) atoms. The highest BCUT2D eigenvalue weighted by molar-refractivity contribution is 5.75. The van der Waals surface area contributed by atoms with Crippen molar-refractivity contribution in [3.05, 3.63) is 42.2 Å². The van der Waals surface area contributed by atoms with Gasteiger partial charge in [-0.3, -0.25) is 4.79 Å². The normalized spacial score (nSPS) is 31.5. The minimum Gasteiger partial charge on any atom is -0.423 e. The summed E-state index contributed by atoms with van der Waals surface area (Å²) in [5.74, 6) is 3.86. The van der Waals surface area contributed by atoms with Crippen LogP contribution in [0.4, 0.5) is 4.39 Å². The van der Waals surface area contributed by atoms with Gasteiger partial charge in [-0.25, -0.2) is 4.39 Å². The molecule has 3 aliphatic rings. The molecule has 0 aliphatic heterocycles. The van der Waals surface area contributed by atoms with E-state index in [-0.39, 0.29) is 17.6 Å². The van der Waals surface area contributed by atoms with E-state index in [4.69, 9.17) is 4.74 Å². The van der Waals surface area contributed by atoms with E-state index in [1.165, 1.54) is 63.9 Å². The SMILES string of the molecule is C=CCCc1ccc(OC(=O)C2CCC(C3CCC4CC(CCCC)CCC4C3)CC2)c(F)c1. The molecule has 0 amide bonds. The summed E-state index contributed by atoms with van der Waals surface area (Å²) >= 11 is 0. The zero-order chi connectivity index (χ0) is 23.9. The molecular formula is C31H45FO2. The molecule has 4 atom stereocenters. The minimum atomic E-state index is -0.440. The van der Waals surface area contributed by atoms with Gasteiger partial charge in [0.1, 0.15) is 0 Å². The third-order valence-corrected chi connectivity index (χ3v) is 9.34. The van der Waals surface area contributed by atoms with Crippen molar-refractivity contribution in [3.63, 3.8) is 0 Å². The van der Waals surface area contributed by atoms with Crippen LogP contribution in [0.2, 0.25) is 0 Å². The summed E-state index contributed by atoms with van der Waals surface area (Å²) in [6, 6.07) is 4.93. The summed E-state index contributed by atoms with van der Waals surface area (Å²) < 4.78 is 19.9. The standard InChI is InChI=1S/C31H45FO2/c1-3-5-7-22-9-11-28-21-27(17-16-26(28)19-22)24-12-14-25(15-13-24)31(33)34-30-18-10-23(8-6-4-2)20-29(30)32/h4,10,18,20,22,24-28H,2-3,5-9,11-17,19,21H2,1H3. The monoisotopic (exact) mass is 468 g/mol. The third-order valence-electron chi connectivity index (χ3n) is 9.34. The van der Waals surface area contributed by atoms with Crippen molar-refractivity contribution in [3.8, 4) is 5.75 Å². The molecule has 0 heterocycles. The number of carbonyl (C=O) groups excluding carboxylic acids is 1. The van der Waals surface area contributed by atoms with Gasteiger partial charge in [-0.1, -0.05) is 44.7 Å². The van der Waals surface area contributed by atoms with E-state index in [2.05, 4.69) is 13.5 Å². The average Bonchev–Trinajstić information content (AvgIpc) is 2.87. The van der Waals surface area contributed by atoms with Gasteiger partial charge in [-0.15, -0.1) is 6.58 Å². The number of unbranched alkanes of at least 4 members (excludes halogenated alkanes) is 1. The molecule has 1 aromatic rings. The zero-order valence-electron chi connectivity index (χ0n) is 21.3. The number of esters is 1. The van der Waals surface area contributed by atoms with Crippen LogP contribution in [-0.2, 0) is 11.2 Å². The molecule has 4 rings (SSSR count). The van der Waals surface area contributed by atoms with Crippen LogP contribution in [0.3, 0.4) is 0 Å². The highest BCUT2D eigenvalue weighted by Crippen LogP contribution is 2.49. The molecule has 2 nitrogen and oxygen atoms in total. The predicted octanol–water partition coefficient (Wildman–Crippen LogP) is 8.68. The zero-order valence-corrected chi connectivity index (χ0v) is 21.3. The largest absolute Gasteiger partial charge is 0.423 e. The Morgan fingerprint density at radius 3 is 2.38 bits per heavy atom. The maximum Gasteiger partial charge on any atom is 0.314 e. The van der Waals surface area contributed by atoms with Crippen LogP contribution in [0.5, 0.6) is 5.75 Å². The van der Waals surface area contributed by atoms with E-state index >= 15 is 0 Å². The fourth-order valence-corrected chi connectivity index (χ4v) is 7.28. The molecule has 3 heteroatoms. The number of hydrogen-bond donors (Lipinski definition) is 0. The summed E-state index contributed by atoms with van der Waals surface area (Å²) in [5.41, 5.74) is 0.905. The molecule has 0 saturated heterocycles. The van der Waals surface area contributed by atoms with E-state index in [0.717, 1.165) is 73.7 Å². The number of aryl methyl sites for hydroxylation is 1. The maximum atomic E-state index is 14.4. The van der Waals surface area contributed by atoms with E-state index in [1.807, 2.05) is 12.1 Å². The molecule has 3 fully saturated rings. The second kappa shape index (κ2) is 12.4. The molecule has 0 radical (unpaired) electrons. The lowest BCUT2D eigenvalue weighted by Gasteiger charge is -2.45.